The van der Waals surface area contributed by atoms with Crippen LogP contribution in [-0.2, 0) is 0 Å². The standard InChI is InChI=1S/C11H11NOS/c1-7-3-4-8-6-10(13)12-11(14-2)9(8)5-7/h3-6H,1-2H3,(H,12,13). The highest BCUT2D eigenvalue weighted by molar-refractivity contribution is 7.98. The molecule has 1 aromatic heterocycles. The van der Waals surface area contributed by atoms with Gasteiger partial charge in [0.15, 0.2) is 0 Å². The predicted octanol–water partition coefficient (Wildman–Crippen LogP) is 2.56. The van der Waals surface area contributed by atoms with E-state index in [2.05, 4.69) is 18.0 Å². The monoisotopic (exact) mass is 205 g/mol. The first-order valence-electron chi connectivity index (χ1n) is 4.38. The van der Waals surface area contributed by atoms with Crippen molar-refractivity contribution in [3.8, 4) is 0 Å². The quantitative estimate of drug-likeness (QED) is 0.726. The van der Waals surface area contributed by atoms with Gasteiger partial charge in [-0.1, -0.05) is 17.7 Å². The molecule has 0 aliphatic carbocycles. The summed E-state index contributed by atoms with van der Waals surface area (Å²) in [6.07, 6.45) is 1.97. The van der Waals surface area contributed by atoms with Gasteiger partial charge in [0.25, 0.3) is 0 Å². The maximum absolute atomic E-state index is 11.3. The maximum atomic E-state index is 11.3. The van der Waals surface area contributed by atoms with Crippen LogP contribution in [0.5, 0.6) is 0 Å². The number of rotatable bonds is 1. The van der Waals surface area contributed by atoms with Gasteiger partial charge in [-0.3, -0.25) is 4.79 Å². The largest absolute Gasteiger partial charge is 0.317 e. The minimum Gasteiger partial charge on any atom is -0.317 e. The molecule has 1 aromatic carbocycles. The van der Waals surface area contributed by atoms with Gasteiger partial charge in [-0.15, -0.1) is 11.8 Å². The van der Waals surface area contributed by atoms with E-state index in [0.717, 1.165) is 15.8 Å². The van der Waals surface area contributed by atoms with Crippen LogP contribution < -0.4 is 5.56 Å². The second-order valence-electron chi connectivity index (χ2n) is 3.26. The zero-order chi connectivity index (χ0) is 10.1. The molecule has 0 atom stereocenters. The van der Waals surface area contributed by atoms with Gasteiger partial charge in [-0.05, 0) is 24.6 Å². The van der Waals surface area contributed by atoms with Crippen molar-refractivity contribution in [3.63, 3.8) is 0 Å². The molecule has 0 fully saturated rings. The number of aromatic nitrogens is 1. The number of thioether (sulfide) groups is 1. The first-order chi connectivity index (χ1) is 6.70. The van der Waals surface area contributed by atoms with E-state index in [4.69, 9.17) is 0 Å². The summed E-state index contributed by atoms with van der Waals surface area (Å²) in [4.78, 5) is 14.1. The van der Waals surface area contributed by atoms with E-state index in [1.54, 1.807) is 17.8 Å². The number of pyridine rings is 1. The minimum absolute atomic E-state index is 0.0364. The van der Waals surface area contributed by atoms with Crippen molar-refractivity contribution < 1.29 is 0 Å². The number of hydrogen-bond acceptors (Lipinski definition) is 2. The summed E-state index contributed by atoms with van der Waals surface area (Å²) in [5.41, 5.74) is 1.17. The smallest absolute Gasteiger partial charge is 0.249 e. The van der Waals surface area contributed by atoms with Gasteiger partial charge in [0.05, 0.1) is 5.03 Å². The van der Waals surface area contributed by atoms with Crippen molar-refractivity contribution in [2.75, 3.05) is 6.26 Å². The lowest BCUT2D eigenvalue weighted by molar-refractivity contribution is 1.12. The molecule has 0 saturated heterocycles. The van der Waals surface area contributed by atoms with Gasteiger partial charge in [-0.25, -0.2) is 0 Å². The fourth-order valence-corrected chi connectivity index (χ4v) is 2.11. The van der Waals surface area contributed by atoms with Gasteiger partial charge in [-0.2, -0.15) is 0 Å². The van der Waals surface area contributed by atoms with Gasteiger partial charge in [0.2, 0.25) is 5.56 Å². The highest BCUT2D eigenvalue weighted by Gasteiger charge is 2.01. The number of hydrogen-bond donors (Lipinski definition) is 1. The van der Waals surface area contributed by atoms with Crippen molar-refractivity contribution in [2.45, 2.75) is 11.9 Å². The number of fused-ring (bicyclic) bond motifs is 1. The Labute approximate surface area is 86.3 Å². The minimum atomic E-state index is -0.0364. The van der Waals surface area contributed by atoms with Crippen molar-refractivity contribution in [2.24, 2.45) is 0 Å². The molecule has 0 amide bonds. The molecule has 0 radical (unpaired) electrons. The Kier molecular flexibility index (Phi) is 2.33. The van der Waals surface area contributed by atoms with Crippen LogP contribution in [0.2, 0.25) is 0 Å². The summed E-state index contributed by atoms with van der Waals surface area (Å²) in [6.45, 7) is 2.05. The Balaban J connectivity index is 2.88. The number of aryl methyl sites for hydroxylation is 1. The van der Waals surface area contributed by atoms with Crippen LogP contribution in [-0.4, -0.2) is 11.2 Å². The molecule has 2 aromatic rings. The maximum Gasteiger partial charge on any atom is 0.249 e. The third-order valence-corrected chi connectivity index (χ3v) is 2.91. The van der Waals surface area contributed by atoms with Crippen molar-refractivity contribution in [1.29, 1.82) is 0 Å². The van der Waals surface area contributed by atoms with E-state index in [1.807, 2.05) is 18.4 Å². The van der Waals surface area contributed by atoms with Crippen LogP contribution >= 0.6 is 11.8 Å². The fourth-order valence-electron chi connectivity index (χ4n) is 1.51. The molecule has 0 saturated carbocycles. The lowest BCUT2D eigenvalue weighted by Gasteiger charge is -2.03. The summed E-state index contributed by atoms with van der Waals surface area (Å²) < 4.78 is 0. The number of aromatic amines is 1. The molecule has 1 heterocycles. The van der Waals surface area contributed by atoms with E-state index in [-0.39, 0.29) is 5.56 Å². The van der Waals surface area contributed by atoms with Crippen LogP contribution in [0.15, 0.2) is 34.1 Å². The second-order valence-corrected chi connectivity index (χ2v) is 4.07. The zero-order valence-corrected chi connectivity index (χ0v) is 8.94. The normalized spacial score (nSPS) is 10.7. The molecule has 0 aliphatic heterocycles. The Hall–Kier alpha value is -1.22. The van der Waals surface area contributed by atoms with Crippen molar-refractivity contribution in [3.05, 3.63) is 40.2 Å². The predicted molar refractivity (Wildman–Crippen MR) is 61.1 cm³/mol. The van der Waals surface area contributed by atoms with Gasteiger partial charge in [0.1, 0.15) is 0 Å². The summed E-state index contributed by atoms with van der Waals surface area (Å²) in [5.74, 6) is 0. The topological polar surface area (TPSA) is 32.9 Å². The van der Waals surface area contributed by atoms with E-state index in [1.165, 1.54) is 5.56 Å². The number of benzene rings is 1. The molecule has 72 valence electrons. The van der Waals surface area contributed by atoms with Crippen LogP contribution in [0.4, 0.5) is 0 Å². The van der Waals surface area contributed by atoms with Crippen LogP contribution in [0.1, 0.15) is 5.56 Å². The van der Waals surface area contributed by atoms with E-state index in [0.29, 0.717) is 0 Å². The molecule has 0 spiro atoms. The van der Waals surface area contributed by atoms with E-state index < -0.39 is 0 Å². The molecular formula is C11H11NOS. The fraction of sp³-hybridized carbons (Fsp3) is 0.182. The van der Waals surface area contributed by atoms with E-state index >= 15 is 0 Å². The Morgan fingerprint density at radius 3 is 2.79 bits per heavy atom. The SMILES string of the molecule is CSc1[nH]c(=O)cc2ccc(C)cc12. The molecule has 14 heavy (non-hydrogen) atoms. The summed E-state index contributed by atoms with van der Waals surface area (Å²) >= 11 is 1.57. The molecule has 0 bridgehead atoms. The molecule has 1 N–H and O–H groups in total. The van der Waals surface area contributed by atoms with Crippen molar-refractivity contribution in [1.82, 2.24) is 4.98 Å². The molecule has 2 nitrogen and oxygen atoms in total. The highest BCUT2D eigenvalue weighted by atomic mass is 32.2. The number of H-pyrrole nitrogens is 1. The lowest BCUT2D eigenvalue weighted by Crippen LogP contribution is -2.04. The first kappa shape index (κ1) is 9.34. The zero-order valence-electron chi connectivity index (χ0n) is 8.13. The first-order valence-corrected chi connectivity index (χ1v) is 5.61. The molecule has 0 aliphatic rings. The average Bonchev–Trinajstić information content (AvgIpc) is 2.17. The highest BCUT2D eigenvalue weighted by Crippen LogP contribution is 2.23. The second kappa shape index (κ2) is 3.50. The average molecular weight is 205 g/mol. The van der Waals surface area contributed by atoms with Crippen LogP contribution in [0, 0.1) is 6.92 Å². The Morgan fingerprint density at radius 2 is 2.07 bits per heavy atom. The number of nitrogens with one attached hydrogen (secondary N) is 1. The van der Waals surface area contributed by atoms with Gasteiger partial charge in [0, 0.05) is 11.5 Å². The third-order valence-electron chi connectivity index (χ3n) is 2.18. The van der Waals surface area contributed by atoms with E-state index in [9.17, 15) is 4.79 Å². The third kappa shape index (κ3) is 1.55. The van der Waals surface area contributed by atoms with Gasteiger partial charge >= 0.3 is 0 Å². The van der Waals surface area contributed by atoms with Crippen molar-refractivity contribution >= 4 is 22.5 Å². The molecule has 0 unspecified atom stereocenters. The molecule has 3 heteroatoms. The summed E-state index contributed by atoms with van der Waals surface area (Å²) in [7, 11) is 0. The Bertz CT molecular complexity index is 530. The summed E-state index contributed by atoms with van der Waals surface area (Å²) in [6, 6.07) is 7.73. The molecule has 2 rings (SSSR count). The Morgan fingerprint density at radius 1 is 1.29 bits per heavy atom. The lowest BCUT2D eigenvalue weighted by atomic mass is 10.1. The van der Waals surface area contributed by atoms with Crippen LogP contribution in [0.3, 0.4) is 0 Å². The van der Waals surface area contributed by atoms with Crippen LogP contribution in [0.25, 0.3) is 10.8 Å². The van der Waals surface area contributed by atoms with Gasteiger partial charge < -0.3 is 4.98 Å². The molecular weight excluding hydrogens is 194 g/mol. The summed E-state index contributed by atoms with van der Waals surface area (Å²) in [5, 5.41) is 3.07.